The lowest BCUT2D eigenvalue weighted by Crippen LogP contribution is -2.12. The molecule has 0 amide bonds. The summed E-state index contributed by atoms with van der Waals surface area (Å²) >= 11 is 0. The van der Waals surface area contributed by atoms with E-state index in [-0.39, 0.29) is 5.84 Å². The normalized spacial score (nSPS) is 9.95. The van der Waals surface area contributed by atoms with Crippen molar-refractivity contribution in [3.63, 3.8) is 0 Å². The van der Waals surface area contributed by atoms with Crippen molar-refractivity contribution in [3.05, 3.63) is 59.7 Å². The second-order valence-electron chi connectivity index (χ2n) is 4.05. The molecular weight excluding hydrogens is 240 g/mol. The molecule has 0 saturated carbocycles. The number of benzene rings is 2. The summed E-state index contributed by atoms with van der Waals surface area (Å²) in [5, 5.41) is 7.49. The van der Waals surface area contributed by atoms with Gasteiger partial charge in [0.1, 0.15) is 23.9 Å². The van der Waals surface area contributed by atoms with Gasteiger partial charge in [-0.3, -0.25) is 5.41 Å². The molecule has 0 heterocycles. The minimum absolute atomic E-state index is 0.00494. The molecule has 0 spiro atoms. The van der Waals surface area contributed by atoms with Gasteiger partial charge in [0.25, 0.3) is 0 Å². The lowest BCUT2D eigenvalue weighted by atomic mass is 10.2. The summed E-state index contributed by atoms with van der Waals surface area (Å²) in [6.07, 6.45) is 0. The van der Waals surface area contributed by atoms with Crippen molar-refractivity contribution in [2.24, 2.45) is 5.73 Å². The summed E-state index contributed by atoms with van der Waals surface area (Å²) in [5.41, 5.74) is 7.14. The summed E-state index contributed by atoms with van der Waals surface area (Å²) in [4.78, 5) is 0. The van der Waals surface area contributed by atoms with Gasteiger partial charge in [-0.1, -0.05) is 24.3 Å². The van der Waals surface area contributed by atoms with E-state index in [2.05, 4.69) is 0 Å². The first-order valence-corrected chi connectivity index (χ1v) is 5.90. The molecule has 0 aliphatic rings. The Labute approximate surface area is 112 Å². The highest BCUT2D eigenvalue weighted by Crippen LogP contribution is 2.19. The maximum Gasteiger partial charge on any atom is 0.130 e. The number of methoxy groups -OCH3 is 1. The molecule has 2 aromatic carbocycles. The Morgan fingerprint density at radius 3 is 2.42 bits per heavy atom. The summed E-state index contributed by atoms with van der Waals surface area (Å²) < 4.78 is 10.8. The van der Waals surface area contributed by atoms with Crippen molar-refractivity contribution < 1.29 is 9.47 Å². The van der Waals surface area contributed by atoms with Gasteiger partial charge in [0, 0.05) is 0 Å². The van der Waals surface area contributed by atoms with Crippen molar-refractivity contribution in [1.82, 2.24) is 0 Å². The van der Waals surface area contributed by atoms with Gasteiger partial charge < -0.3 is 15.2 Å². The van der Waals surface area contributed by atoms with Gasteiger partial charge in [0.2, 0.25) is 0 Å². The van der Waals surface area contributed by atoms with Crippen molar-refractivity contribution in [1.29, 1.82) is 5.41 Å². The van der Waals surface area contributed by atoms with Crippen LogP contribution >= 0.6 is 0 Å². The Hall–Kier alpha value is -2.49. The minimum Gasteiger partial charge on any atom is -0.497 e. The monoisotopic (exact) mass is 256 g/mol. The summed E-state index contributed by atoms with van der Waals surface area (Å²) in [5.74, 6) is 1.43. The first-order valence-electron chi connectivity index (χ1n) is 5.90. The average Bonchev–Trinajstić information content (AvgIpc) is 2.46. The highest BCUT2D eigenvalue weighted by Gasteiger charge is 2.05. The fraction of sp³-hybridized carbons (Fsp3) is 0.133. The fourth-order valence-electron chi connectivity index (χ4n) is 1.70. The third-order valence-electron chi connectivity index (χ3n) is 2.73. The zero-order chi connectivity index (χ0) is 13.7. The molecule has 0 bridgehead atoms. The molecule has 0 unspecified atom stereocenters. The second-order valence-corrected chi connectivity index (χ2v) is 4.05. The Morgan fingerprint density at radius 1 is 1.11 bits per heavy atom. The van der Waals surface area contributed by atoms with Crippen LogP contribution in [-0.4, -0.2) is 12.9 Å². The van der Waals surface area contributed by atoms with E-state index in [0.29, 0.717) is 17.9 Å². The largest absolute Gasteiger partial charge is 0.497 e. The predicted molar refractivity (Wildman–Crippen MR) is 74.8 cm³/mol. The van der Waals surface area contributed by atoms with Gasteiger partial charge in [-0.2, -0.15) is 0 Å². The van der Waals surface area contributed by atoms with E-state index in [4.69, 9.17) is 20.6 Å². The summed E-state index contributed by atoms with van der Waals surface area (Å²) in [6, 6.07) is 14.9. The van der Waals surface area contributed by atoms with Crippen LogP contribution in [-0.2, 0) is 6.61 Å². The molecule has 0 fully saturated rings. The minimum atomic E-state index is 0.00494. The molecule has 2 rings (SSSR count). The Kier molecular flexibility index (Phi) is 4.03. The van der Waals surface area contributed by atoms with Crippen LogP contribution in [0.15, 0.2) is 48.5 Å². The third-order valence-corrected chi connectivity index (χ3v) is 2.73. The predicted octanol–water partition coefficient (Wildman–Crippen LogP) is 2.56. The number of nitrogens with one attached hydrogen (secondary N) is 1. The molecule has 4 heteroatoms. The summed E-state index contributed by atoms with van der Waals surface area (Å²) in [6.45, 7) is 0.425. The number of para-hydroxylation sites is 1. The van der Waals surface area contributed by atoms with E-state index in [9.17, 15) is 0 Å². The highest BCUT2D eigenvalue weighted by atomic mass is 16.5. The van der Waals surface area contributed by atoms with Gasteiger partial charge in [-0.15, -0.1) is 0 Å². The van der Waals surface area contributed by atoms with Crippen LogP contribution < -0.4 is 15.2 Å². The number of rotatable bonds is 5. The number of hydrogen-bond acceptors (Lipinski definition) is 3. The molecule has 0 radical (unpaired) electrons. The van der Waals surface area contributed by atoms with Crippen molar-refractivity contribution in [3.8, 4) is 11.5 Å². The van der Waals surface area contributed by atoms with E-state index < -0.39 is 0 Å². The summed E-state index contributed by atoms with van der Waals surface area (Å²) in [7, 11) is 1.63. The Bertz CT molecular complexity index is 565. The van der Waals surface area contributed by atoms with E-state index in [1.54, 1.807) is 19.2 Å². The lowest BCUT2D eigenvalue weighted by Gasteiger charge is -2.10. The van der Waals surface area contributed by atoms with Gasteiger partial charge in [-0.25, -0.2) is 0 Å². The SMILES string of the molecule is COc1ccc(COc2ccccc2C(=N)N)cc1. The Balaban J connectivity index is 2.07. The van der Waals surface area contributed by atoms with Crippen LogP contribution in [0.4, 0.5) is 0 Å². The molecule has 0 atom stereocenters. The van der Waals surface area contributed by atoms with Crippen molar-refractivity contribution >= 4 is 5.84 Å². The fourth-order valence-corrected chi connectivity index (χ4v) is 1.70. The molecule has 0 aromatic heterocycles. The van der Waals surface area contributed by atoms with E-state index in [1.165, 1.54) is 0 Å². The number of nitrogens with two attached hydrogens (primary N) is 1. The van der Waals surface area contributed by atoms with E-state index >= 15 is 0 Å². The first kappa shape index (κ1) is 13.0. The maximum atomic E-state index is 7.49. The van der Waals surface area contributed by atoms with E-state index in [1.807, 2.05) is 36.4 Å². The van der Waals surface area contributed by atoms with Crippen molar-refractivity contribution in [2.45, 2.75) is 6.61 Å². The zero-order valence-corrected chi connectivity index (χ0v) is 10.7. The van der Waals surface area contributed by atoms with Gasteiger partial charge in [0.15, 0.2) is 0 Å². The number of ether oxygens (including phenoxy) is 2. The molecular formula is C15H16N2O2. The number of amidine groups is 1. The van der Waals surface area contributed by atoms with Crippen LogP contribution in [0.3, 0.4) is 0 Å². The highest BCUT2D eigenvalue weighted by molar-refractivity contribution is 5.97. The van der Waals surface area contributed by atoms with Crippen LogP contribution in [0.1, 0.15) is 11.1 Å². The average molecular weight is 256 g/mol. The molecule has 0 saturated heterocycles. The number of nitrogen functional groups attached to an aromatic ring is 1. The quantitative estimate of drug-likeness (QED) is 0.638. The molecule has 98 valence electrons. The molecule has 2 aromatic rings. The molecule has 0 aliphatic carbocycles. The van der Waals surface area contributed by atoms with Crippen LogP contribution in [0, 0.1) is 5.41 Å². The number of hydrogen-bond donors (Lipinski definition) is 2. The second kappa shape index (κ2) is 5.91. The van der Waals surface area contributed by atoms with Crippen molar-refractivity contribution in [2.75, 3.05) is 7.11 Å². The maximum absolute atomic E-state index is 7.49. The molecule has 19 heavy (non-hydrogen) atoms. The van der Waals surface area contributed by atoms with Gasteiger partial charge >= 0.3 is 0 Å². The van der Waals surface area contributed by atoms with Crippen LogP contribution in [0.2, 0.25) is 0 Å². The standard InChI is InChI=1S/C15H16N2O2/c1-18-12-8-6-11(7-9-12)10-19-14-5-3-2-4-13(14)15(16)17/h2-9H,10H2,1H3,(H3,16,17). The third kappa shape index (κ3) is 3.25. The molecule has 3 N–H and O–H groups in total. The smallest absolute Gasteiger partial charge is 0.130 e. The lowest BCUT2D eigenvalue weighted by molar-refractivity contribution is 0.305. The van der Waals surface area contributed by atoms with Crippen LogP contribution in [0.5, 0.6) is 11.5 Å². The van der Waals surface area contributed by atoms with E-state index in [0.717, 1.165) is 11.3 Å². The van der Waals surface area contributed by atoms with Gasteiger partial charge in [-0.05, 0) is 29.8 Å². The van der Waals surface area contributed by atoms with Crippen LogP contribution in [0.25, 0.3) is 0 Å². The van der Waals surface area contributed by atoms with Gasteiger partial charge in [0.05, 0.1) is 12.7 Å². The molecule has 4 nitrogen and oxygen atoms in total. The first-order chi connectivity index (χ1) is 9.20. The Morgan fingerprint density at radius 2 is 1.79 bits per heavy atom. The molecule has 0 aliphatic heterocycles. The topological polar surface area (TPSA) is 68.3 Å². The zero-order valence-electron chi connectivity index (χ0n) is 10.7.